The van der Waals surface area contributed by atoms with Crippen LogP contribution in [0.2, 0.25) is 10.0 Å². The first-order chi connectivity index (χ1) is 18.0. The molecule has 0 heterocycles. The molecule has 0 aliphatic rings. The van der Waals surface area contributed by atoms with Gasteiger partial charge in [0.05, 0.1) is 11.9 Å². The lowest BCUT2D eigenvalue weighted by molar-refractivity contribution is -0.140. The van der Waals surface area contributed by atoms with Crippen molar-refractivity contribution in [2.75, 3.05) is 23.7 Å². The Morgan fingerprint density at radius 1 is 0.947 bits per heavy atom. The minimum Gasteiger partial charge on any atom is -0.355 e. The number of likely N-dealkylation sites (N-methyl/N-ethyl adjacent to an activating group) is 1. The van der Waals surface area contributed by atoms with Crippen LogP contribution in [0.4, 0.5) is 5.69 Å². The van der Waals surface area contributed by atoms with E-state index >= 15 is 0 Å². The van der Waals surface area contributed by atoms with Crippen LogP contribution in [0.3, 0.4) is 0 Å². The number of carbonyl (C=O) groups is 2. The molecular formula is C28H31Cl2N3O4S. The number of carbonyl (C=O) groups excluding carboxylic acids is 2. The van der Waals surface area contributed by atoms with E-state index in [1.54, 1.807) is 50.2 Å². The topological polar surface area (TPSA) is 86.8 Å². The summed E-state index contributed by atoms with van der Waals surface area (Å²) in [6.45, 7) is 3.46. The Kier molecular flexibility index (Phi) is 10.2. The monoisotopic (exact) mass is 575 g/mol. The summed E-state index contributed by atoms with van der Waals surface area (Å²) in [6, 6.07) is 20.3. The molecule has 3 aromatic carbocycles. The number of hydrogen-bond acceptors (Lipinski definition) is 4. The van der Waals surface area contributed by atoms with E-state index in [9.17, 15) is 18.0 Å². The van der Waals surface area contributed by atoms with E-state index in [0.717, 1.165) is 21.7 Å². The van der Waals surface area contributed by atoms with Gasteiger partial charge in [-0.1, -0.05) is 77.8 Å². The van der Waals surface area contributed by atoms with Crippen molar-refractivity contribution in [1.82, 2.24) is 10.2 Å². The fraction of sp³-hybridized carbons (Fsp3) is 0.286. The summed E-state index contributed by atoms with van der Waals surface area (Å²) in [5, 5.41) is 3.63. The maximum Gasteiger partial charge on any atom is 0.244 e. The molecule has 1 N–H and O–H groups in total. The number of hydrogen-bond donors (Lipinski definition) is 1. The quantitative estimate of drug-likeness (QED) is 0.354. The van der Waals surface area contributed by atoms with Crippen LogP contribution in [-0.4, -0.2) is 50.5 Å². The van der Waals surface area contributed by atoms with E-state index in [-0.39, 0.29) is 24.6 Å². The number of nitrogens with one attached hydrogen (secondary N) is 1. The van der Waals surface area contributed by atoms with E-state index in [0.29, 0.717) is 22.2 Å². The summed E-state index contributed by atoms with van der Waals surface area (Å²) in [5.41, 5.74) is 2.52. The molecule has 0 aliphatic carbocycles. The van der Waals surface area contributed by atoms with Crippen molar-refractivity contribution < 1.29 is 18.0 Å². The highest BCUT2D eigenvalue weighted by atomic mass is 35.5. The normalized spacial score (nSPS) is 12.0. The lowest BCUT2D eigenvalue weighted by atomic mass is 10.0. The molecule has 0 aromatic heterocycles. The van der Waals surface area contributed by atoms with Gasteiger partial charge in [-0.2, -0.15) is 0 Å². The Labute approximate surface area is 234 Å². The van der Waals surface area contributed by atoms with Crippen molar-refractivity contribution in [1.29, 1.82) is 0 Å². The average Bonchev–Trinajstić information content (AvgIpc) is 2.87. The molecule has 0 saturated heterocycles. The molecule has 0 radical (unpaired) electrons. The van der Waals surface area contributed by atoms with Crippen LogP contribution >= 0.6 is 23.2 Å². The van der Waals surface area contributed by atoms with Gasteiger partial charge in [-0.15, -0.1) is 0 Å². The highest BCUT2D eigenvalue weighted by molar-refractivity contribution is 7.92. The number of aryl methyl sites for hydroxylation is 1. The summed E-state index contributed by atoms with van der Waals surface area (Å²) < 4.78 is 26.6. The lowest BCUT2D eigenvalue weighted by Gasteiger charge is -2.33. The average molecular weight is 577 g/mol. The van der Waals surface area contributed by atoms with Crippen molar-refractivity contribution in [3.63, 3.8) is 0 Å². The molecule has 0 aliphatic heterocycles. The van der Waals surface area contributed by atoms with Crippen molar-refractivity contribution >= 4 is 50.7 Å². The molecule has 0 unspecified atom stereocenters. The minimum absolute atomic E-state index is 0.0133. The Morgan fingerprint density at radius 3 is 2.21 bits per heavy atom. The van der Waals surface area contributed by atoms with Gasteiger partial charge in [0, 0.05) is 29.6 Å². The highest BCUT2D eigenvalue weighted by Gasteiger charge is 2.33. The van der Waals surface area contributed by atoms with E-state index in [2.05, 4.69) is 5.32 Å². The van der Waals surface area contributed by atoms with Gasteiger partial charge in [0.1, 0.15) is 12.6 Å². The third-order valence-electron chi connectivity index (χ3n) is 6.04. The van der Waals surface area contributed by atoms with E-state index in [1.165, 1.54) is 11.0 Å². The Hall–Kier alpha value is -3.07. The molecule has 0 spiro atoms. The van der Waals surface area contributed by atoms with Gasteiger partial charge < -0.3 is 10.2 Å². The fourth-order valence-electron chi connectivity index (χ4n) is 4.01. The molecule has 3 aromatic rings. The molecule has 38 heavy (non-hydrogen) atoms. The Balaban J connectivity index is 2.06. The molecule has 3 rings (SSSR count). The van der Waals surface area contributed by atoms with E-state index in [4.69, 9.17) is 23.2 Å². The number of benzene rings is 3. The van der Waals surface area contributed by atoms with Crippen molar-refractivity contribution in [3.8, 4) is 0 Å². The SMILES string of the molecule is CCNC(=O)[C@H](Cc1ccccc1)N(Cc1ccccc1Cl)C(=O)CN(c1ccc(C)c(Cl)c1)S(C)(=O)=O. The number of anilines is 1. The summed E-state index contributed by atoms with van der Waals surface area (Å²) >= 11 is 12.7. The van der Waals surface area contributed by atoms with Crippen LogP contribution in [-0.2, 0) is 32.6 Å². The Morgan fingerprint density at radius 2 is 1.61 bits per heavy atom. The van der Waals surface area contributed by atoms with Crippen LogP contribution in [0.5, 0.6) is 0 Å². The van der Waals surface area contributed by atoms with Crippen LogP contribution in [0.25, 0.3) is 0 Å². The molecule has 0 saturated carbocycles. The molecule has 2 amide bonds. The van der Waals surface area contributed by atoms with Gasteiger partial charge in [0.15, 0.2) is 0 Å². The third-order valence-corrected chi connectivity index (χ3v) is 7.96. The molecular weight excluding hydrogens is 545 g/mol. The van der Waals surface area contributed by atoms with E-state index < -0.39 is 28.5 Å². The smallest absolute Gasteiger partial charge is 0.244 e. The predicted molar refractivity (Wildman–Crippen MR) is 153 cm³/mol. The van der Waals surface area contributed by atoms with E-state index in [1.807, 2.05) is 30.3 Å². The van der Waals surface area contributed by atoms with Crippen molar-refractivity contribution in [2.45, 2.75) is 32.9 Å². The number of nitrogens with zero attached hydrogens (tertiary/aromatic N) is 2. The Bertz CT molecular complexity index is 1380. The zero-order valence-electron chi connectivity index (χ0n) is 21.5. The second-order valence-corrected chi connectivity index (χ2v) is 11.6. The largest absolute Gasteiger partial charge is 0.355 e. The van der Waals surface area contributed by atoms with Crippen LogP contribution < -0.4 is 9.62 Å². The van der Waals surface area contributed by atoms with Gasteiger partial charge >= 0.3 is 0 Å². The van der Waals surface area contributed by atoms with Gasteiger partial charge in [0.2, 0.25) is 21.8 Å². The van der Waals surface area contributed by atoms with Crippen LogP contribution in [0, 0.1) is 6.92 Å². The molecule has 0 bridgehead atoms. The molecule has 10 heteroatoms. The summed E-state index contributed by atoms with van der Waals surface area (Å²) in [4.78, 5) is 28.7. The fourth-order valence-corrected chi connectivity index (χ4v) is 5.22. The number of sulfonamides is 1. The number of amides is 2. The van der Waals surface area contributed by atoms with Gasteiger partial charge in [0.25, 0.3) is 0 Å². The van der Waals surface area contributed by atoms with Crippen molar-refractivity contribution in [3.05, 3.63) is 99.5 Å². The number of rotatable bonds is 11. The zero-order chi connectivity index (χ0) is 27.9. The number of halogens is 2. The van der Waals surface area contributed by atoms with Gasteiger partial charge in [-0.25, -0.2) is 8.42 Å². The minimum atomic E-state index is -3.87. The first-order valence-corrected chi connectivity index (χ1v) is 14.7. The third kappa shape index (κ3) is 7.72. The standard InChI is InChI=1S/C28H31Cl2N3O4S/c1-4-31-28(35)26(16-21-10-6-5-7-11-21)32(18-22-12-8-9-13-24(22)29)27(34)19-33(38(3,36)37)23-15-14-20(2)25(30)17-23/h5-15,17,26H,4,16,18-19H2,1-3H3,(H,31,35)/t26-/m0/s1. The predicted octanol–water partition coefficient (Wildman–Crippen LogP) is 4.84. The first kappa shape index (κ1) is 29.5. The van der Waals surface area contributed by atoms with Crippen molar-refractivity contribution in [2.24, 2.45) is 0 Å². The molecule has 1 atom stereocenters. The second-order valence-electron chi connectivity index (χ2n) is 8.92. The zero-order valence-corrected chi connectivity index (χ0v) is 23.9. The summed E-state index contributed by atoms with van der Waals surface area (Å²) in [6.07, 6.45) is 1.26. The summed E-state index contributed by atoms with van der Waals surface area (Å²) in [7, 11) is -3.87. The maximum absolute atomic E-state index is 13.9. The molecule has 0 fully saturated rings. The van der Waals surface area contributed by atoms with Gasteiger partial charge in [-0.05, 0) is 48.7 Å². The molecule has 202 valence electrons. The first-order valence-electron chi connectivity index (χ1n) is 12.1. The van der Waals surface area contributed by atoms with Crippen LogP contribution in [0.15, 0.2) is 72.8 Å². The second kappa shape index (κ2) is 13.1. The lowest BCUT2D eigenvalue weighted by Crippen LogP contribution is -2.53. The van der Waals surface area contributed by atoms with Crippen LogP contribution in [0.1, 0.15) is 23.6 Å². The summed E-state index contributed by atoms with van der Waals surface area (Å²) in [5.74, 6) is -0.903. The molecule has 7 nitrogen and oxygen atoms in total. The maximum atomic E-state index is 13.9. The highest BCUT2D eigenvalue weighted by Crippen LogP contribution is 2.26. The van der Waals surface area contributed by atoms with Gasteiger partial charge in [-0.3, -0.25) is 13.9 Å².